The van der Waals surface area contributed by atoms with Crippen molar-refractivity contribution >= 4 is 37.3 Å². The summed E-state index contributed by atoms with van der Waals surface area (Å²) < 4.78 is 27.6. The van der Waals surface area contributed by atoms with Gasteiger partial charge in [-0.3, -0.25) is 0 Å². The molecule has 0 radical (unpaired) electrons. The Labute approximate surface area is 130 Å². The summed E-state index contributed by atoms with van der Waals surface area (Å²) in [5.74, 6) is 0. The number of thiazole rings is 1. The van der Waals surface area contributed by atoms with E-state index in [0.29, 0.717) is 11.0 Å². The minimum Gasteiger partial charge on any atom is -0.326 e. The Kier molecular flexibility index (Phi) is 4.92. The number of sulfonamides is 1. The van der Waals surface area contributed by atoms with E-state index >= 15 is 0 Å². The molecule has 5 nitrogen and oxygen atoms in total. The van der Waals surface area contributed by atoms with Gasteiger partial charge in [0.1, 0.15) is 0 Å². The molecule has 0 aliphatic carbocycles. The molecule has 108 valence electrons. The van der Waals surface area contributed by atoms with Crippen molar-refractivity contribution in [2.45, 2.75) is 24.9 Å². The number of benzene rings is 1. The van der Waals surface area contributed by atoms with Gasteiger partial charge in [0, 0.05) is 28.6 Å². The monoisotopic (exact) mass is 375 g/mol. The van der Waals surface area contributed by atoms with Crippen LogP contribution in [-0.4, -0.2) is 13.4 Å². The third-order valence-corrected chi connectivity index (χ3v) is 5.92. The number of rotatable bonds is 5. The fraction of sp³-hybridized carbons (Fsp3) is 0.250. The predicted octanol–water partition coefficient (Wildman–Crippen LogP) is 2.15. The number of hydrogen-bond donors (Lipinski definition) is 2. The number of aryl methyl sites for hydroxylation is 1. The lowest BCUT2D eigenvalue weighted by molar-refractivity contribution is 0.581. The van der Waals surface area contributed by atoms with Crippen LogP contribution in [0, 0.1) is 6.92 Å². The van der Waals surface area contributed by atoms with Crippen LogP contribution in [0.15, 0.2) is 33.8 Å². The normalized spacial score (nSPS) is 11.8. The summed E-state index contributed by atoms with van der Waals surface area (Å²) in [5.41, 5.74) is 6.39. The highest BCUT2D eigenvalue weighted by Crippen LogP contribution is 2.23. The van der Waals surface area contributed by atoms with Gasteiger partial charge in [-0.1, -0.05) is 6.07 Å². The molecule has 0 atom stereocenters. The van der Waals surface area contributed by atoms with Crippen LogP contribution in [0.2, 0.25) is 0 Å². The van der Waals surface area contributed by atoms with E-state index < -0.39 is 10.0 Å². The second-order valence-electron chi connectivity index (χ2n) is 4.14. The number of nitrogens with zero attached hydrogens (tertiary/aromatic N) is 1. The second-order valence-corrected chi connectivity index (χ2v) is 8.05. The molecule has 0 aliphatic rings. The van der Waals surface area contributed by atoms with Crippen molar-refractivity contribution in [1.29, 1.82) is 0 Å². The summed E-state index contributed by atoms with van der Waals surface area (Å²) in [6, 6.07) is 4.97. The van der Waals surface area contributed by atoms with Gasteiger partial charge >= 0.3 is 0 Å². The highest BCUT2D eigenvalue weighted by Gasteiger charge is 2.17. The first-order chi connectivity index (χ1) is 9.42. The summed E-state index contributed by atoms with van der Waals surface area (Å²) in [6.45, 7) is 2.48. The van der Waals surface area contributed by atoms with Gasteiger partial charge in [0.25, 0.3) is 0 Å². The van der Waals surface area contributed by atoms with Gasteiger partial charge in [-0.05, 0) is 40.5 Å². The van der Waals surface area contributed by atoms with Gasteiger partial charge in [0.2, 0.25) is 10.0 Å². The van der Waals surface area contributed by atoms with Crippen molar-refractivity contribution in [3.05, 3.63) is 44.3 Å². The maximum Gasteiger partial charge on any atom is 0.242 e. The Morgan fingerprint density at radius 3 is 2.75 bits per heavy atom. The molecule has 0 fully saturated rings. The maximum atomic E-state index is 12.2. The topological polar surface area (TPSA) is 85.1 Å². The van der Waals surface area contributed by atoms with Crippen LogP contribution in [0.3, 0.4) is 0 Å². The standard InChI is InChI=1S/C12H14BrN3O2S2/c1-8-15-6-10(19-8)7-16-20(17,18)12-3-2-9(5-14)4-11(12)13/h2-4,6,16H,5,7,14H2,1H3. The third kappa shape index (κ3) is 3.64. The summed E-state index contributed by atoms with van der Waals surface area (Å²) in [5, 5.41) is 0.910. The average molecular weight is 376 g/mol. The average Bonchev–Trinajstić information content (AvgIpc) is 2.82. The molecule has 0 unspecified atom stereocenters. The van der Waals surface area contributed by atoms with Gasteiger partial charge in [0.05, 0.1) is 9.90 Å². The van der Waals surface area contributed by atoms with Gasteiger partial charge in [0.15, 0.2) is 0 Å². The van der Waals surface area contributed by atoms with Crippen LogP contribution in [0.5, 0.6) is 0 Å². The van der Waals surface area contributed by atoms with Crippen molar-refractivity contribution in [3.63, 3.8) is 0 Å². The Balaban J connectivity index is 2.18. The van der Waals surface area contributed by atoms with Crippen LogP contribution >= 0.6 is 27.3 Å². The molecule has 0 spiro atoms. The SMILES string of the molecule is Cc1ncc(CNS(=O)(=O)c2ccc(CN)cc2Br)s1. The molecule has 1 heterocycles. The Morgan fingerprint density at radius 2 is 2.20 bits per heavy atom. The van der Waals surface area contributed by atoms with E-state index in [4.69, 9.17) is 5.73 Å². The summed E-state index contributed by atoms with van der Waals surface area (Å²) in [6.07, 6.45) is 1.68. The molecule has 1 aromatic carbocycles. The number of halogens is 1. The molecule has 0 amide bonds. The largest absolute Gasteiger partial charge is 0.326 e. The second kappa shape index (κ2) is 6.31. The van der Waals surface area contributed by atoms with Crippen molar-refractivity contribution < 1.29 is 8.42 Å². The van der Waals surface area contributed by atoms with Crippen molar-refractivity contribution in [2.75, 3.05) is 0 Å². The summed E-state index contributed by atoms with van der Waals surface area (Å²) in [7, 11) is -3.56. The molecule has 3 N–H and O–H groups in total. The van der Waals surface area contributed by atoms with E-state index in [0.717, 1.165) is 15.4 Å². The first kappa shape index (κ1) is 15.6. The fourth-order valence-electron chi connectivity index (χ4n) is 1.62. The van der Waals surface area contributed by atoms with E-state index in [1.165, 1.54) is 11.3 Å². The van der Waals surface area contributed by atoms with Crippen LogP contribution in [0.1, 0.15) is 15.4 Å². The van der Waals surface area contributed by atoms with Gasteiger partial charge < -0.3 is 5.73 Å². The Bertz CT molecular complexity index is 713. The number of nitrogens with one attached hydrogen (secondary N) is 1. The lowest BCUT2D eigenvalue weighted by Gasteiger charge is -2.08. The van der Waals surface area contributed by atoms with Crippen LogP contribution in [0.4, 0.5) is 0 Å². The highest BCUT2D eigenvalue weighted by molar-refractivity contribution is 9.10. The number of aromatic nitrogens is 1. The molecule has 0 aliphatic heterocycles. The molecule has 2 aromatic rings. The molecular weight excluding hydrogens is 362 g/mol. The van der Waals surface area contributed by atoms with Crippen LogP contribution < -0.4 is 10.5 Å². The quantitative estimate of drug-likeness (QED) is 0.838. The summed E-state index contributed by atoms with van der Waals surface area (Å²) in [4.78, 5) is 5.17. The van der Waals surface area contributed by atoms with E-state index in [1.807, 2.05) is 6.92 Å². The van der Waals surface area contributed by atoms with Gasteiger partial charge in [-0.25, -0.2) is 18.1 Å². The lowest BCUT2D eigenvalue weighted by Crippen LogP contribution is -2.23. The molecule has 0 bridgehead atoms. The predicted molar refractivity (Wildman–Crippen MR) is 82.9 cm³/mol. The van der Waals surface area contributed by atoms with Gasteiger partial charge in [-0.15, -0.1) is 11.3 Å². The first-order valence-corrected chi connectivity index (χ1v) is 8.91. The van der Waals surface area contributed by atoms with E-state index in [9.17, 15) is 8.42 Å². The minimum absolute atomic E-state index is 0.205. The zero-order valence-corrected chi connectivity index (χ0v) is 14.0. The summed E-state index contributed by atoms with van der Waals surface area (Å²) >= 11 is 4.74. The highest BCUT2D eigenvalue weighted by atomic mass is 79.9. The van der Waals surface area contributed by atoms with Crippen molar-refractivity contribution in [2.24, 2.45) is 5.73 Å². The van der Waals surface area contributed by atoms with Crippen LogP contribution in [-0.2, 0) is 23.1 Å². The van der Waals surface area contributed by atoms with E-state index in [-0.39, 0.29) is 11.4 Å². The smallest absolute Gasteiger partial charge is 0.242 e. The molecular formula is C12H14BrN3O2S2. The minimum atomic E-state index is -3.56. The number of nitrogens with two attached hydrogens (primary N) is 1. The van der Waals surface area contributed by atoms with E-state index in [1.54, 1.807) is 24.4 Å². The fourth-order valence-corrected chi connectivity index (χ4v) is 4.58. The van der Waals surface area contributed by atoms with E-state index in [2.05, 4.69) is 25.6 Å². The Hall–Kier alpha value is -0.800. The van der Waals surface area contributed by atoms with Gasteiger partial charge in [-0.2, -0.15) is 0 Å². The third-order valence-electron chi connectivity index (χ3n) is 2.63. The molecule has 1 aromatic heterocycles. The molecule has 0 saturated heterocycles. The molecule has 2 rings (SSSR count). The van der Waals surface area contributed by atoms with Crippen molar-refractivity contribution in [1.82, 2.24) is 9.71 Å². The zero-order chi connectivity index (χ0) is 14.8. The number of hydrogen-bond acceptors (Lipinski definition) is 5. The van der Waals surface area contributed by atoms with Crippen molar-refractivity contribution in [3.8, 4) is 0 Å². The Morgan fingerprint density at radius 1 is 1.45 bits per heavy atom. The molecule has 20 heavy (non-hydrogen) atoms. The lowest BCUT2D eigenvalue weighted by atomic mass is 10.2. The molecule has 8 heteroatoms. The molecule has 0 saturated carbocycles. The zero-order valence-electron chi connectivity index (χ0n) is 10.8. The maximum absolute atomic E-state index is 12.2. The first-order valence-electron chi connectivity index (χ1n) is 5.82. The van der Waals surface area contributed by atoms with Crippen LogP contribution in [0.25, 0.3) is 0 Å².